The molecule has 0 saturated carbocycles. The Morgan fingerprint density at radius 3 is 0.721 bits per heavy atom. The molecule has 0 atom stereocenters. The molecule has 0 amide bonds. The summed E-state index contributed by atoms with van der Waals surface area (Å²) in [5.41, 5.74) is 0. The van der Waals surface area contributed by atoms with Crippen LogP contribution in [0.5, 0.6) is 0 Å². The van der Waals surface area contributed by atoms with Gasteiger partial charge in [0.25, 0.3) is 0 Å². The van der Waals surface area contributed by atoms with Gasteiger partial charge in [0.1, 0.15) is 0 Å². The first-order valence-corrected chi connectivity index (χ1v) is 20.0. The van der Waals surface area contributed by atoms with Gasteiger partial charge >= 0.3 is 0 Å². The van der Waals surface area contributed by atoms with Crippen LogP contribution in [-0.2, 0) is 0 Å². The van der Waals surface area contributed by atoms with Crippen molar-refractivity contribution in [2.24, 2.45) is 0 Å². The maximum atomic E-state index is 2.84. The number of hydrogen-bond donors (Lipinski definition) is 0. The zero-order valence-electron chi connectivity index (χ0n) is 30.2. The molecule has 0 aliphatic rings. The summed E-state index contributed by atoms with van der Waals surface area (Å²) in [5, 5.41) is 0. The third-order valence-corrected chi connectivity index (χ3v) is 8.96. The highest BCUT2D eigenvalue weighted by molar-refractivity contribution is 4.82. The molecule has 0 aromatic carbocycles. The second-order valence-corrected chi connectivity index (χ2v) is 13.4. The first-order chi connectivity index (χ1) is 21.3. The highest BCUT2D eigenvalue weighted by atomic mass is 15.1. The van der Waals surface area contributed by atoms with Crippen molar-refractivity contribution in [3.05, 3.63) is 36.5 Å². The number of unbranched alkanes of at least 4 members (excludes halogenated alkanes) is 24. The van der Waals surface area contributed by atoms with Crippen LogP contribution in [0.2, 0.25) is 0 Å². The molecule has 1 heteroatoms. The molecule has 0 saturated heterocycles. The minimum absolute atomic E-state index is 1.28. The molecule has 0 aromatic rings. The van der Waals surface area contributed by atoms with Crippen molar-refractivity contribution in [3.63, 3.8) is 0 Å². The van der Waals surface area contributed by atoms with E-state index in [1.807, 2.05) is 0 Å². The van der Waals surface area contributed by atoms with Gasteiger partial charge in [-0.25, -0.2) is 0 Å². The Morgan fingerprint density at radius 2 is 0.465 bits per heavy atom. The highest BCUT2D eigenvalue weighted by Crippen LogP contribution is 2.13. The summed E-state index contributed by atoms with van der Waals surface area (Å²) in [6.45, 7) is 10.9. The molecule has 0 heterocycles. The summed E-state index contributed by atoms with van der Waals surface area (Å²) in [4.78, 5) is 2.84. The van der Waals surface area contributed by atoms with Crippen molar-refractivity contribution >= 4 is 0 Å². The van der Waals surface area contributed by atoms with E-state index in [1.54, 1.807) is 0 Å². The fourth-order valence-corrected chi connectivity index (χ4v) is 5.92. The topological polar surface area (TPSA) is 3.24 Å². The molecule has 1 nitrogen and oxygen atoms in total. The molecule has 0 fully saturated rings. The molecule has 0 radical (unpaired) electrons. The van der Waals surface area contributed by atoms with Gasteiger partial charge in [0.15, 0.2) is 0 Å². The van der Waals surface area contributed by atoms with Crippen molar-refractivity contribution in [2.75, 3.05) is 19.6 Å². The van der Waals surface area contributed by atoms with Gasteiger partial charge in [0.05, 0.1) is 0 Å². The lowest BCUT2D eigenvalue weighted by Crippen LogP contribution is -2.27. The molecule has 0 unspecified atom stereocenters. The minimum atomic E-state index is 1.28. The van der Waals surface area contributed by atoms with Crippen LogP contribution < -0.4 is 0 Å². The lowest BCUT2D eigenvalue weighted by molar-refractivity contribution is 0.254. The van der Waals surface area contributed by atoms with Crippen LogP contribution in [0.25, 0.3) is 0 Å². The van der Waals surface area contributed by atoms with E-state index in [4.69, 9.17) is 0 Å². The van der Waals surface area contributed by atoms with Crippen LogP contribution in [0.15, 0.2) is 36.5 Å². The van der Waals surface area contributed by atoms with Crippen molar-refractivity contribution in [3.8, 4) is 0 Å². The van der Waals surface area contributed by atoms with Crippen LogP contribution in [0.3, 0.4) is 0 Å². The monoisotopic (exact) mass is 600 g/mol. The lowest BCUT2D eigenvalue weighted by atomic mass is 10.1. The molecule has 0 aliphatic heterocycles. The van der Waals surface area contributed by atoms with Gasteiger partial charge in [-0.2, -0.15) is 0 Å². The maximum Gasteiger partial charge on any atom is -0.00187 e. The number of rotatable bonds is 36. The molecule has 43 heavy (non-hydrogen) atoms. The average molecular weight is 600 g/mol. The minimum Gasteiger partial charge on any atom is -0.303 e. The van der Waals surface area contributed by atoms with E-state index < -0.39 is 0 Å². The summed E-state index contributed by atoms with van der Waals surface area (Å²) in [5.74, 6) is 0. The number of hydrogen-bond acceptors (Lipinski definition) is 1. The maximum absolute atomic E-state index is 2.84. The van der Waals surface area contributed by atoms with Crippen LogP contribution in [0.4, 0.5) is 0 Å². The molecule has 254 valence electrons. The van der Waals surface area contributed by atoms with Crippen LogP contribution in [0.1, 0.15) is 213 Å². The Balaban J connectivity index is 4.00. The van der Waals surface area contributed by atoms with E-state index in [-0.39, 0.29) is 0 Å². The van der Waals surface area contributed by atoms with E-state index in [0.29, 0.717) is 0 Å². The van der Waals surface area contributed by atoms with Crippen molar-refractivity contribution in [1.29, 1.82) is 0 Å². The first-order valence-electron chi connectivity index (χ1n) is 20.0. The Labute approximate surface area is 273 Å². The van der Waals surface area contributed by atoms with E-state index in [1.165, 1.54) is 212 Å². The fraction of sp³-hybridized carbons (Fsp3) is 0.857. The summed E-state index contributed by atoms with van der Waals surface area (Å²) >= 11 is 0. The molecule has 0 rings (SSSR count). The predicted molar refractivity (Wildman–Crippen MR) is 199 cm³/mol. The van der Waals surface area contributed by atoms with Crippen molar-refractivity contribution in [1.82, 2.24) is 4.90 Å². The summed E-state index contributed by atoms with van der Waals surface area (Å²) < 4.78 is 0. The number of nitrogens with zero attached hydrogens (tertiary/aromatic N) is 1. The zero-order valence-corrected chi connectivity index (χ0v) is 30.2. The normalized spacial score (nSPS) is 12.3. The van der Waals surface area contributed by atoms with Crippen LogP contribution in [0, 0.1) is 0 Å². The zero-order chi connectivity index (χ0) is 31.2. The van der Waals surface area contributed by atoms with Gasteiger partial charge in [-0.15, -0.1) is 0 Å². The molecule has 0 spiro atoms. The number of allylic oxidation sites excluding steroid dienone is 6. The highest BCUT2D eigenvalue weighted by Gasteiger charge is 2.05. The molecule has 0 bridgehead atoms. The molecule has 0 aromatic heterocycles. The molecule has 0 aliphatic carbocycles. The van der Waals surface area contributed by atoms with Crippen molar-refractivity contribution in [2.45, 2.75) is 213 Å². The van der Waals surface area contributed by atoms with Gasteiger partial charge < -0.3 is 4.90 Å². The third kappa shape index (κ3) is 37.3. The van der Waals surface area contributed by atoms with E-state index >= 15 is 0 Å². The van der Waals surface area contributed by atoms with Crippen molar-refractivity contribution < 1.29 is 0 Å². The second kappa shape index (κ2) is 39.2. The second-order valence-electron chi connectivity index (χ2n) is 13.4. The molecular weight excluding hydrogens is 518 g/mol. The van der Waals surface area contributed by atoms with E-state index in [2.05, 4.69) is 62.1 Å². The van der Waals surface area contributed by atoms with Gasteiger partial charge in [-0.05, 0) is 96.7 Å². The summed E-state index contributed by atoms with van der Waals surface area (Å²) in [7, 11) is 0. The summed E-state index contributed by atoms with van der Waals surface area (Å²) in [6, 6.07) is 0. The Bertz CT molecular complexity index is 493. The SMILES string of the molecule is CCCCC=CCCCCCCCCN(CCCCCCCCC=CCCCC)CCCCCCCCC=CCCCC. The van der Waals surface area contributed by atoms with E-state index in [0.717, 1.165) is 0 Å². The first kappa shape index (κ1) is 42.2. The smallest absolute Gasteiger partial charge is 0.00187 e. The summed E-state index contributed by atoms with van der Waals surface area (Å²) in [6.07, 6.45) is 55.8. The van der Waals surface area contributed by atoms with Crippen LogP contribution in [-0.4, -0.2) is 24.5 Å². The van der Waals surface area contributed by atoms with Gasteiger partial charge in [-0.3, -0.25) is 0 Å². The van der Waals surface area contributed by atoms with Crippen LogP contribution >= 0.6 is 0 Å². The predicted octanol–water partition coefficient (Wildman–Crippen LogP) is 14.7. The Morgan fingerprint density at radius 1 is 0.256 bits per heavy atom. The Kier molecular flexibility index (Phi) is 38.5. The molecule has 0 N–H and O–H groups in total. The third-order valence-electron chi connectivity index (χ3n) is 8.96. The quantitative estimate of drug-likeness (QED) is 0.0511. The lowest BCUT2D eigenvalue weighted by Gasteiger charge is -2.22. The van der Waals surface area contributed by atoms with Gasteiger partial charge in [0, 0.05) is 0 Å². The molecular formula is C42H81N. The average Bonchev–Trinajstić information content (AvgIpc) is 3.02. The largest absolute Gasteiger partial charge is 0.303 e. The fourth-order valence-electron chi connectivity index (χ4n) is 5.92. The van der Waals surface area contributed by atoms with Gasteiger partial charge in [-0.1, -0.05) is 173 Å². The Hall–Kier alpha value is -0.820. The standard InChI is InChI=1S/C42H81N/c1-4-7-10-13-16-19-22-25-28-31-34-37-40-43(41-38-35-32-29-26-23-20-17-14-11-8-5-2)42-39-36-33-30-27-24-21-18-15-12-9-6-3/h13-18H,4-12,19-42H2,1-3H3. The van der Waals surface area contributed by atoms with Gasteiger partial charge in [0.2, 0.25) is 0 Å². The van der Waals surface area contributed by atoms with E-state index in [9.17, 15) is 0 Å².